The van der Waals surface area contributed by atoms with Gasteiger partial charge in [0.25, 0.3) is 0 Å². The van der Waals surface area contributed by atoms with Crippen LogP contribution in [0.2, 0.25) is 0 Å². The number of carbonyl (C=O) groups is 7. The highest BCUT2D eigenvalue weighted by Crippen LogP contribution is 2.25. The number of nitrogens with zero attached hydrogens (tertiary/aromatic N) is 2. The number of carbonyl (C=O) groups excluding carboxylic acids is 7. The number of likely N-dealkylation sites (N-methyl/N-ethyl adjacent to an activating group) is 1. The number of amides is 1. The second kappa shape index (κ2) is 44.5. The number of ether oxygens (including phenoxy) is 7. The van der Waals surface area contributed by atoms with Crippen LogP contribution in [-0.2, 0) is 61.9 Å². The molecule has 0 radical (unpaired) electrons. The molecule has 1 saturated heterocycles. The first-order chi connectivity index (χ1) is 34.8. The van der Waals surface area contributed by atoms with Crippen molar-refractivity contribution in [1.82, 2.24) is 9.80 Å². The third kappa shape index (κ3) is 36.9. The molecular formula is C56H100N2O14. The van der Waals surface area contributed by atoms with Crippen molar-refractivity contribution in [2.75, 3.05) is 66.8 Å². The standard InChI is InChI=1S/C56H100N2O14/c1-7-11-15-19-23-27-31-50(59)70-44-47(40-53(62)68-35-30-26-22-18-14-10-4)41-55(64)72-49-42-48(58(43-49)56(65)69-36-32-57(5)6)45-71-54(63)39-46(37-51(60)66-33-28-24-20-16-12-8-2)38-52(61)67-34-29-25-21-17-13-9-3/h46-49H,7-45H2,1-6H3/t47?,48-,49+/m0/s1. The van der Waals surface area contributed by atoms with Crippen molar-refractivity contribution in [3.05, 3.63) is 0 Å². The summed E-state index contributed by atoms with van der Waals surface area (Å²) in [6.07, 6.45) is 22.6. The average Bonchev–Trinajstić information content (AvgIpc) is 3.74. The monoisotopic (exact) mass is 1020 g/mol. The molecule has 0 aliphatic carbocycles. The topological polar surface area (TPSA) is 191 Å². The maximum Gasteiger partial charge on any atom is 0.410 e. The zero-order chi connectivity index (χ0) is 53.0. The van der Waals surface area contributed by atoms with Crippen molar-refractivity contribution in [1.29, 1.82) is 0 Å². The van der Waals surface area contributed by atoms with Gasteiger partial charge in [-0.15, -0.1) is 0 Å². The average molecular weight is 1030 g/mol. The molecule has 0 bridgehead atoms. The molecule has 0 N–H and O–H groups in total. The van der Waals surface area contributed by atoms with Gasteiger partial charge < -0.3 is 38.1 Å². The highest BCUT2D eigenvalue weighted by atomic mass is 16.6. The van der Waals surface area contributed by atoms with Gasteiger partial charge in [0.15, 0.2) is 0 Å². The van der Waals surface area contributed by atoms with Crippen LogP contribution in [0.1, 0.15) is 227 Å². The smallest absolute Gasteiger partial charge is 0.410 e. The van der Waals surface area contributed by atoms with Gasteiger partial charge in [0.1, 0.15) is 19.3 Å². The van der Waals surface area contributed by atoms with Gasteiger partial charge in [0.05, 0.1) is 51.9 Å². The Morgan fingerprint density at radius 3 is 1.31 bits per heavy atom. The van der Waals surface area contributed by atoms with Crippen LogP contribution in [0.5, 0.6) is 0 Å². The van der Waals surface area contributed by atoms with Gasteiger partial charge in [-0.3, -0.25) is 33.7 Å². The van der Waals surface area contributed by atoms with Crippen molar-refractivity contribution in [3.63, 3.8) is 0 Å². The molecule has 1 amide bonds. The summed E-state index contributed by atoms with van der Waals surface area (Å²) < 4.78 is 39.2. The molecular weight excluding hydrogens is 925 g/mol. The fourth-order valence-corrected chi connectivity index (χ4v) is 8.52. The molecule has 1 aliphatic rings. The van der Waals surface area contributed by atoms with Crippen molar-refractivity contribution >= 4 is 41.9 Å². The van der Waals surface area contributed by atoms with Crippen LogP contribution in [0, 0.1) is 11.8 Å². The first-order valence-corrected chi connectivity index (χ1v) is 28.4. The lowest BCUT2D eigenvalue weighted by molar-refractivity contribution is -0.156. The molecule has 72 heavy (non-hydrogen) atoms. The van der Waals surface area contributed by atoms with Crippen LogP contribution in [0.4, 0.5) is 4.79 Å². The SMILES string of the molecule is CCCCCCCCOC(=O)CC(CC(=O)OCCCCCCCC)CC(=O)OC[C@@H]1C[C@@H](OC(=O)CC(COC(=O)CCCCCCCC)CC(=O)OCCCCCCCC)CN1C(=O)OCCN(C)C. The molecule has 1 fully saturated rings. The summed E-state index contributed by atoms with van der Waals surface area (Å²) in [6.45, 7) is 9.52. The number of hydrogen-bond donors (Lipinski definition) is 0. The first-order valence-electron chi connectivity index (χ1n) is 28.4. The Hall–Kier alpha value is -3.95. The Balaban J connectivity index is 3.03. The molecule has 0 aromatic carbocycles. The summed E-state index contributed by atoms with van der Waals surface area (Å²) in [7, 11) is 3.69. The van der Waals surface area contributed by atoms with Gasteiger partial charge in [-0.1, -0.05) is 156 Å². The largest absolute Gasteiger partial charge is 0.466 e. The molecule has 1 rings (SSSR count). The molecule has 3 atom stereocenters. The minimum atomic E-state index is -0.797. The maximum absolute atomic E-state index is 13.6. The molecule has 418 valence electrons. The number of unbranched alkanes of at least 4 members (excludes halogenated alkanes) is 20. The summed E-state index contributed by atoms with van der Waals surface area (Å²) in [5, 5.41) is 0. The van der Waals surface area contributed by atoms with E-state index in [0.717, 1.165) is 128 Å². The molecule has 0 aromatic heterocycles. The third-order valence-electron chi connectivity index (χ3n) is 12.9. The maximum atomic E-state index is 13.6. The minimum absolute atomic E-state index is 0.0372. The predicted molar refractivity (Wildman–Crippen MR) is 278 cm³/mol. The van der Waals surface area contributed by atoms with E-state index in [9.17, 15) is 33.6 Å². The van der Waals surface area contributed by atoms with E-state index in [1.54, 1.807) is 0 Å². The van der Waals surface area contributed by atoms with E-state index in [1.165, 1.54) is 24.2 Å². The summed E-state index contributed by atoms with van der Waals surface area (Å²) in [5.74, 6) is -4.63. The second-order valence-electron chi connectivity index (χ2n) is 20.2. The van der Waals surface area contributed by atoms with Crippen molar-refractivity contribution in [2.24, 2.45) is 11.8 Å². The molecule has 0 aromatic rings. The lowest BCUT2D eigenvalue weighted by atomic mass is 9.97. The summed E-state index contributed by atoms with van der Waals surface area (Å²) in [5.41, 5.74) is 0. The lowest BCUT2D eigenvalue weighted by Gasteiger charge is -2.24. The zero-order valence-corrected chi connectivity index (χ0v) is 46.0. The van der Waals surface area contributed by atoms with Gasteiger partial charge in [-0.05, 0) is 45.7 Å². The molecule has 0 spiro atoms. The van der Waals surface area contributed by atoms with Crippen LogP contribution < -0.4 is 0 Å². The number of rotatable bonds is 46. The van der Waals surface area contributed by atoms with Gasteiger partial charge in [0, 0.05) is 44.6 Å². The molecule has 1 aliphatic heterocycles. The van der Waals surface area contributed by atoms with Crippen molar-refractivity contribution in [3.8, 4) is 0 Å². The zero-order valence-electron chi connectivity index (χ0n) is 46.0. The Morgan fingerprint density at radius 2 is 0.847 bits per heavy atom. The van der Waals surface area contributed by atoms with E-state index in [2.05, 4.69) is 27.7 Å². The molecule has 16 nitrogen and oxygen atoms in total. The van der Waals surface area contributed by atoms with Crippen LogP contribution in [-0.4, -0.2) is 131 Å². The van der Waals surface area contributed by atoms with Crippen LogP contribution in [0.3, 0.4) is 0 Å². The fourth-order valence-electron chi connectivity index (χ4n) is 8.52. The van der Waals surface area contributed by atoms with Crippen LogP contribution >= 0.6 is 0 Å². The summed E-state index contributed by atoms with van der Waals surface area (Å²) in [6, 6.07) is -0.725. The summed E-state index contributed by atoms with van der Waals surface area (Å²) >= 11 is 0. The number of esters is 6. The molecule has 1 unspecified atom stereocenters. The van der Waals surface area contributed by atoms with E-state index in [1.807, 2.05) is 19.0 Å². The number of hydrogen-bond acceptors (Lipinski definition) is 15. The van der Waals surface area contributed by atoms with Crippen LogP contribution in [0.15, 0.2) is 0 Å². The Bertz CT molecular complexity index is 1430. The quantitative estimate of drug-likeness (QED) is 0.0318. The van der Waals surface area contributed by atoms with E-state index >= 15 is 0 Å². The van der Waals surface area contributed by atoms with Gasteiger partial charge in [-0.25, -0.2) is 4.79 Å². The predicted octanol–water partition coefficient (Wildman–Crippen LogP) is 11.4. The van der Waals surface area contributed by atoms with Crippen molar-refractivity contribution in [2.45, 2.75) is 239 Å². The third-order valence-corrected chi connectivity index (χ3v) is 12.9. The van der Waals surface area contributed by atoms with E-state index in [4.69, 9.17) is 33.2 Å². The summed E-state index contributed by atoms with van der Waals surface area (Å²) in [4.78, 5) is 95.3. The Morgan fingerprint density at radius 1 is 0.444 bits per heavy atom. The molecule has 1 heterocycles. The van der Waals surface area contributed by atoms with Gasteiger partial charge in [0.2, 0.25) is 0 Å². The van der Waals surface area contributed by atoms with E-state index in [-0.39, 0.29) is 97.1 Å². The Kier molecular flexibility index (Phi) is 40.9. The highest BCUT2D eigenvalue weighted by Gasteiger charge is 2.39. The van der Waals surface area contributed by atoms with Crippen LogP contribution in [0.25, 0.3) is 0 Å². The van der Waals surface area contributed by atoms with E-state index in [0.29, 0.717) is 13.0 Å². The lowest BCUT2D eigenvalue weighted by Crippen LogP contribution is -2.40. The van der Waals surface area contributed by atoms with Gasteiger partial charge in [-0.2, -0.15) is 0 Å². The molecule has 0 saturated carbocycles. The van der Waals surface area contributed by atoms with Crippen molar-refractivity contribution < 1.29 is 66.7 Å². The first kappa shape index (κ1) is 66.1. The Labute approximate surface area is 434 Å². The molecule has 16 heteroatoms. The normalized spacial score (nSPS) is 14.8. The minimum Gasteiger partial charge on any atom is -0.466 e. The van der Waals surface area contributed by atoms with E-state index < -0.39 is 59.9 Å². The number of likely N-dealkylation sites (tertiary alicyclic amines) is 1. The fraction of sp³-hybridized carbons (Fsp3) is 0.875. The second-order valence-corrected chi connectivity index (χ2v) is 20.2. The van der Waals surface area contributed by atoms with Gasteiger partial charge >= 0.3 is 41.9 Å². The highest BCUT2D eigenvalue weighted by molar-refractivity contribution is 5.77.